The van der Waals surface area contributed by atoms with Crippen LogP contribution >= 0.6 is 0 Å². The predicted octanol–water partition coefficient (Wildman–Crippen LogP) is 6.24. The van der Waals surface area contributed by atoms with Gasteiger partial charge in [0.25, 0.3) is 0 Å². The van der Waals surface area contributed by atoms with E-state index in [1.165, 1.54) is 5.56 Å². The number of hydrogen-bond acceptors (Lipinski definition) is 3. The number of rotatable bonds is 5. The quantitative estimate of drug-likeness (QED) is 0.391. The van der Waals surface area contributed by atoms with Gasteiger partial charge in [0.2, 0.25) is 11.8 Å². The molecular weight excluding hydrogens is 424 g/mol. The number of fused-ring (bicyclic) bond motifs is 1. The molecule has 1 fully saturated rings. The number of aryl methyl sites for hydroxylation is 2. The number of nitrogens with one attached hydrogen (secondary N) is 1. The fourth-order valence-corrected chi connectivity index (χ4v) is 4.29. The van der Waals surface area contributed by atoms with Crippen LogP contribution in [0.5, 0.6) is 11.5 Å². The summed E-state index contributed by atoms with van der Waals surface area (Å²) in [5.74, 6) is 0.905. The zero-order valence-electron chi connectivity index (χ0n) is 19.2. The third kappa shape index (κ3) is 4.37. The van der Waals surface area contributed by atoms with Gasteiger partial charge < -0.3 is 15.0 Å². The van der Waals surface area contributed by atoms with E-state index in [1.807, 2.05) is 86.6 Å². The van der Waals surface area contributed by atoms with Gasteiger partial charge in [0.1, 0.15) is 11.5 Å². The van der Waals surface area contributed by atoms with Crippen LogP contribution in [0.15, 0.2) is 84.9 Å². The smallest absolute Gasteiger partial charge is 0.229 e. The van der Waals surface area contributed by atoms with E-state index in [0.717, 1.165) is 27.8 Å². The van der Waals surface area contributed by atoms with Gasteiger partial charge in [0.05, 0.1) is 5.92 Å². The predicted molar refractivity (Wildman–Crippen MR) is 135 cm³/mol. The lowest BCUT2D eigenvalue weighted by molar-refractivity contribution is -0.122. The van der Waals surface area contributed by atoms with Gasteiger partial charge in [0.15, 0.2) is 0 Å². The fourth-order valence-electron chi connectivity index (χ4n) is 4.29. The minimum absolute atomic E-state index is 0.0257. The van der Waals surface area contributed by atoms with Crippen molar-refractivity contribution in [3.63, 3.8) is 0 Å². The van der Waals surface area contributed by atoms with Gasteiger partial charge in [-0.3, -0.25) is 9.59 Å². The zero-order valence-corrected chi connectivity index (χ0v) is 19.2. The Hall–Kier alpha value is -4.12. The summed E-state index contributed by atoms with van der Waals surface area (Å²) in [7, 11) is 0. The normalized spacial score (nSPS) is 15.5. The van der Waals surface area contributed by atoms with Crippen molar-refractivity contribution in [3.8, 4) is 11.5 Å². The van der Waals surface area contributed by atoms with Crippen molar-refractivity contribution >= 4 is 34.0 Å². The number of carbonyl (C=O) groups is 2. The lowest BCUT2D eigenvalue weighted by Gasteiger charge is -2.18. The van der Waals surface area contributed by atoms with Crippen LogP contribution in [0.4, 0.5) is 11.4 Å². The molecule has 5 nitrogen and oxygen atoms in total. The molecule has 34 heavy (non-hydrogen) atoms. The molecule has 1 N–H and O–H groups in total. The van der Waals surface area contributed by atoms with E-state index in [9.17, 15) is 9.59 Å². The maximum atomic E-state index is 12.9. The molecule has 170 valence electrons. The van der Waals surface area contributed by atoms with E-state index in [0.29, 0.717) is 18.0 Å². The van der Waals surface area contributed by atoms with Crippen molar-refractivity contribution in [2.75, 3.05) is 16.8 Å². The van der Waals surface area contributed by atoms with Crippen molar-refractivity contribution in [3.05, 3.63) is 96.1 Å². The van der Waals surface area contributed by atoms with Crippen molar-refractivity contribution in [1.82, 2.24) is 0 Å². The lowest BCUT2D eigenvalue weighted by atomic mass is 10.1. The van der Waals surface area contributed by atoms with Crippen molar-refractivity contribution in [2.24, 2.45) is 5.92 Å². The zero-order chi connectivity index (χ0) is 23.7. The molecule has 0 radical (unpaired) electrons. The van der Waals surface area contributed by atoms with Gasteiger partial charge in [-0.1, -0.05) is 42.5 Å². The summed E-state index contributed by atoms with van der Waals surface area (Å²) in [6.07, 6.45) is 0.209. The third-order valence-corrected chi connectivity index (χ3v) is 6.40. The Bertz CT molecular complexity index is 1370. The Balaban J connectivity index is 1.24. The van der Waals surface area contributed by atoms with E-state index < -0.39 is 0 Å². The van der Waals surface area contributed by atoms with Crippen LogP contribution in [0.3, 0.4) is 0 Å². The second-order valence-corrected chi connectivity index (χ2v) is 8.77. The molecule has 1 heterocycles. The highest BCUT2D eigenvalue weighted by Gasteiger charge is 2.35. The highest BCUT2D eigenvalue weighted by atomic mass is 16.5. The number of amides is 2. The molecule has 1 aliphatic heterocycles. The standard InChI is InChI=1S/C29H26N2O3/c1-19-10-13-24(16-20(19)2)31-18-22(17-28(31)32)29(33)30-23-11-14-25(15-12-23)34-27-9-5-7-21-6-3-4-8-26(21)27/h3-16,22H,17-18H2,1-2H3,(H,30,33)/t22-/m0/s1. The highest BCUT2D eigenvalue weighted by Crippen LogP contribution is 2.31. The Labute approximate surface area is 199 Å². The largest absolute Gasteiger partial charge is 0.457 e. The van der Waals surface area contributed by atoms with Gasteiger partial charge in [-0.05, 0) is 72.8 Å². The molecule has 1 saturated heterocycles. The summed E-state index contributed by atoms with van der Waals surface area (Å²) in [6, 6.07) is 27.3. The van der Waals surface area contributed by atoms with E-state index in [4.69, 9.17) is 4.74 Å². The first kappa shape index (κ1) is 21.7. The van der Waals surface area contributed by atoms with Gasteiger partial charge in [-0.2, -0.15) is 0 Å². The summed E-state index contributed by atoms with van der Waals surface area (Å²) in [5.41, 5.74) is 3.83. The Morgan fingerprint density at radius 2 is 1.68 bits per heavy atom. The first-order valence-corrected chi connectivity index (χ1v) is 11.4. The molecule has 0 unspecified atom stereocenters. The van der Waals surface area contributed by atoms with Crippen LogP contribution in [0.2, 0.25) is 0 Å². The van der Waals surface area contributed by atoms with Gasteiger partial charge in [-0.25, -0.2) is 0 Å². The number of ether oxygens (including phenoxy) is 1. The Morgan fingerprint density at radius 1 is 0.912 bits per heavy atom. The molecule has 0 aliphatic carbocycles. The van der Waals surface area contributed by atoms with E-state index in [1.54, 1.807) is 4.90 Å². The number of nitrogens with zero attached hydrogens (tertiary/aromatic N) is 1. The number of carbonyl (C=O) groups excluding carboxylic acids is 2. The summed E-state index contributed by atoms with van der Waals surface area (Å²) < 4.78 is 6.08. The van der Waals surface area contributed by atoms with Crippen molar-refractivity contribution < 1.29 is 14.3 Å². The molecule has 2 amide bonds. The van der Waals surface area contributed by atoms with Crippen molar-refractivity contribution in [2.45, 2.75) is 20.3 Å². The van der Waals surface area contributed by atoms with Gasteiger partial charge in [0, 0.05) is 29.7 Å². The molecule has 1 atom stereocenters. The summed E-state index contributed by atoms with van der Waals surface area (Å²) in [6.45, 7) is 4.45. The van der Waals surface area contributed by atoms with Gasteiger partial charge in [-0.15, -0.1) is 0 Å². The van der Waals surface area contributed by atoms with Crippen LogP contribution in [0.25, 0.3) is 10.8 Å². The molecule has 0 bridgehead atoms. The van der Waals surface area contributed by atoms with E-state index >= 15 is 0 Å². The summed E-state index contributed by atoms with van der Waals surface area (Å²) in [4.78, 5) is 27.1. The Kier molecular flexibility index (Phi) is 5.76. The monoisotopic (exact) mass is 450 g/mol. The van der Waals surface area contributed by atoms with Gasteiger partial charge >= 0.3 is 0 Å². The molecular formula is C29H26N2O3. The second-order valence-electron chi connectivity index (χ2n) is 8.77. The van der Waals surface area contributed by atoms with Crippen LogP contribution < -0.4 is 15.0 Å². The minimum Gasteiger partial charge on any atom is -0.457 e. The number of benzene rings is 4. The average molecular weight is 451 g/mol. The molecule has 5 rings (SSSR count). The maximum absolute atomic E-state index is 12.9. The second kappa shape index (κ2) is 9.02. The third-order valence-electron chi connectivity index (χ3n) is 6.40. The molecule has 5 heteroatoms. The highest BCUT2D eigenvalue weighted by molar-refractivity contribution is 6.03. The van der Waals surface area contributed by atoms with Crippen LogP contribution in [-0.2, 0) is 9.59 Å². The average Bonchev–Trinajstić information content (AvgIpc) is 3.24. The van der Waals surface area contributed by atoms with Crippen LogP contribution in [0.1, 0.15) is 17.5 Å². The molecule has 4 aromatic rings. The SMILES string of the molecule is Cc1ccc(N2C[C@@H](C(=O)Nc3ccc(Oc4cccc5ccccc45)cc3)CC2=O)cc1C. The molecule has 0 saturated carbocycles. The van der Waals surface area contributed by atoms with Crippen molar-refractivity contribution in [1.29, 1.82) is 0 Å². The van der Waals surface area contributed by atoms with E-state index in [2.05, 4.69) is 17.4 Å². The fraction of sp³-hybridized carbons (Fsp3) is 0.172. The van der Waals surface area contributed by atoms with Crippen LogP contribution in [-0.4, -0.2) is 18.4 Å². The molecule has 0 aromatic heterocycles. The van der Waals surface area contributed by atoms with Crippen LogP contribution in [0, 0.1) is 19.8 Å². The molecule has 0 spiro atoms. The number of hydrogen-bond donors (Lipinski definition) is 1. The molecule has 1 aliphatic rings. The first-order chi connectivity index (χ1) is 16.5. The minimum atomic E-state index is -0.388. The lowest BCUT2D eigenvalue weighted by Crippen LogP contribution is -2.28. The first-order valence-electron chi connectivity index (χ1n) is 11.4. The molecule has 4 aromatic carbocycles. The maximum Gasteiger partial charge on any atom is 0.229 e. The van der Waals surface area contributed by atoms with E-state index in [-0.39, 0.29) is 24.2 Å². The Morgan fingerprint density at radius 3 is 2.47 bits per heavy atom. The topological polar surface area (TPSA) is 58.6 Å². The summed E-state index contributed by atoms with van der Waals surface area (Å²) in [5, 5.41) is 5.10. The number of anilines is 2. The summed E-state index contributed by atoms with van der Waals surface area (Å²) >= 11 is 0.